The van der Waals surface area contributed by atoms with E-state index in [0.717, 1.165) is 43.2 Å². The predicted molar refractivity (Wildman–Crippen MR) is 205 cm³/mol. The number of aliphatic hydroxyl groups excluding tert-OH is 1. The second-order valence-corrected chi connectivity index (χ2v) is 16.4. The summed E-state index contributed by atoms with van der Waals surface area (Å²) in [6.45, 7) is 2.02. The van der Waals surface area contributed by atoms with E-state index in [2.05, 4.69) is 20.9 Å². The maximum Gasteiger partial charge on any atom is 0.360 e. The molecule has 1 aromatic heterocycles. The van der Waals surface area contributed by atoms with E-state index in [1.165, 1.54) is 14.2 Å². The third-order valence-corrected chi connectivity index (χ3v) is 12.2. The number of aromatic nitrogens is 2. The molecule has 5 rings (SSSR count). The van der Waals surface area contributed by atoms with Crippen molar-refractivity contribution in [1.29, 1.82) is 0 Å². The van der Waals surface area contributed by atoms with Crippen molar-refractivity contribution >= 4 is 25.4 Å². The number of rotatable bonds is 19. The molecule has 4 N–H and O–H groups in total. The average Bonchev–Trinajstić information content (AvgIpc) is 3.67. The van der Waals surface area contributed by atoms with E-state index < -0.39 is 49.4 Å². The van der Waals surface area contributed by atoms with Crippen molar-refractivity contribution in [3.63, 3.8) is 0 Å². The first-order chi connectivity index (χ1) is 26.7. The molecule has 16 heteroatoms. The van der Waals surface area contributed by atoms with E-state index in [1.807, 2.05) is 60.7 Å². The van der Waals surface area contributed by atoms with Crippen LogP contribution in [-0.4, -0.2) is 102 Å². The number of hydrogen-bond donors (Lipinski definition) is 4. The molecule has 1 saturated heterocycles. The van der Waals surface area contributed by atoms with Gasteiger partial charge in [-0.25, -0.2) is 9.78 Å². The Bertz CT molecular complexity index is 1680. The minimum atomic E-state index is -4.03. The standard InChI is InChI=1S/C39H55N6O9P/c1-51-55(50,52-2)38(48)35(23-30-14-8-4-9-15-30)42-37(47)34(24-32-25-40-27-45(32)28-54-26-31-16-10-5-11-17-31)41-36(46)33(22-29-12-6-3-7-13-29)43-39(49)44-18-20-53-21-19-44/h3,5-7,10-13,16-17,25,27,30,33-35,38,48H,4,8-9,14-15,18-24,26,28H2,1-2H3,(H,41,46)(H,42,47)(H,43,49)/t33-,34-,35-,38?/m0/s1. The Labute approximate surface area is 323 Å². The highest BCUT2D eigenvalue weighted by atomic mass is 31.2. The van der Waals surface area contributed by atoms with E-state index in [4.69, 9.17) is 18.5 Å². The molecule has 2 fully saturated rings. The molecular formula is C39H55N6O9P. The fourth-order valence-corrected chi connectivity index (χ4v) is 8.28. The Kier molecular flexibility index (Phi) is 16.3. The quantitative estimate of drug-likeness (QED) is 0.130. The van der Waals surface area contributed by atoms with Crippen molar-refractivity contribution in [1.82, 2.24) is 30.4 Å². The molecule has 4 amide bonds. The smallest absolute Gasteiger partial charge is 0.360 e. The zero-order valence-electron chi connectivity index (χ0n) is 31.7. The number of carbonyl (C=O) groups excluding carboxylic acids is 3. The van der Waals surface area contributed by atoms with Crippen LogP contribution >= 0.6 is 7.60 Å². The molecule has 1 unspecified atom stereocenters. The Hall–Kier alpha value is -4.11. The summed E-state index contributed by atoms with van der Waals surface area (Å²) in [4.78, 5) is 48.0. The Balaban J connectivity index is 1.40. The summed E-state index contributed by atoms with van der Waals surface area (Å²) in [5, 5.41) is 20.1. The van der Waals surface area contributed by atoms with Gasteiger partial charge in [0.05, 0.1) is 32.2 Å². The summed E-state index contributed by atoms with van der Waals surface area (Å²) >= 11 is 0. The van der Waals surface area contributed by atoms with E-state index in [1.54, 1.807) is 22.0 Å². The molecule has 2 heterocycles. The van der Waals surface area contributed by atoms with Crippen molar-refractivity contribution in [3.05, 3.63) is 90.0 Å². The van der Waals surface area contributed by atoms with Gasteiger partial charge in [-0.15, -0.1) is 0 Å². The normalized spacial score (nSPS) is 17.5. The summed E-state index contributed by atoms with van der Waals surface area (Å²) < 4.78 is 36.9. The second kappa shape index (κ2) is 21.3. The number of imidazole rings is 1. The minimum Gasteiger partial charge on any atom is -0.379 e. The molecule has 2 aliphatic rings. The van der Waals surface area contributed by atoms with Crippen molar-refractivity contribution in [2.75, 3.05) is 40.5 Å². The number of aliphatic hydroxyl groups is 1. The number of benzene rings is 2. The van der Waals surface area contributed by atoms with Gasteiger partial charge in [0.15, 0.2) is 5.85 Å². The minimum absolute atomic E-state index is 0.0137. The largest absolute Gasteiger partial charge is 0.379 e. The topological polar surface area (TPSA) is 183 Å². The van der Waals surface area contributed by atoms with Gasteiger partial charge in [-0.1, -0.05) is 92.8 Å². The van der Waals surface area contributed by atoms with Gasteiger partial charge in [0.2, 0.25) is 11.8 Å². The molecule has 3 aromatic rings. The third-order valence-electron chi connectivity index (χ3n) is 10.2. The van der Waals surface area contributed by atoms with E-state index in [9.17, 15) is 24.1 Å². The Morgan fingerprint density at radius 2 is 1.49 bits per heavy atom. The fraction of sp³-hybridized carbons (Fsp3) is 0.538. The highest BCUT2D eigenvalue weighted by Gasteiger charge is 2.42. The Morgan fingerprint density at radius 1 is 0.873 bits per heavy atom. The molecule has 4 atom stereocenters. The molecular weight excluding hydrogens is 727 g/mol. The highest BCUT2D eigenvalue weighted by molar-refractivity contribution is 7.54. The van der Waals surface area contributed by atoms with Crippen LogP contribution in [0.15, 0.2) is 73.2 Å². The van der Waals surface area contributed by atoms with Crippen LogP contribution in [0.3, 0.4) is 0 Å². The van der Waals surface area contributed by atoms with Gasteiger partial charge in [0.25, 0.3) is 0 Å². The van der Waals surface area contributed by atoms with Crippen LogP contribution in [0.5, 0.6) is 0 Å². The van der Waals surface area contributed by atoms with E-state index in [-0.39, 0.29) is 25.5 Å². The number of nitrogens with one attached hydrogen (secondary N) is 3. The predicted octanol–water partition coefficient (Wildman–Crippen LogP) is 4.00. The van der Waals surface area contributed by atoms with Gasteiger partial charge < -0.3 is 49.0 Å². The molecule has 0 spiro atoms. The first kappa shape index (κ1) is 42.0. The van der Waals surface area contributed by atoms with Gasteiger partial charge in [-0.05, 0) is 23.5 Å². The summed E-state index contributed by atoms with van der Waals surface area (Å²) in [7, 11) is -1.66. The lowest BCUT2D eigenvalue weighted by Crippen LogP contribution is -2.59. The average molecular weight is 783 g/mol. The Morgan fingerprint density at radius 3 is 2.15 bits per heavy atom. The molecule has 55 heavy (non-hydrogen) atoms. The zero-order chi connectivity index (χ0) is 39.0. The summed E-state index contributed by atoms with van der Waals surface area (Å²) in [5.74, 6) is -2.71. The van der Waals surface area contributed by atoms with Gasteiger partial charge in [-0.2, -0.15) is 0 Å². The zero-order valence-corrected chi connectivity index (χ0v) is 32.6. The molecule has 1 saturated carbocycles. The number of urea groups is 1. The SMILES string of the molecule is COP(=O)(OC)C(O)[C@H](CC1CCCCC1)NC(=O)[C@H](Cc1cncn1COCc1ccccc1)NC(=O)[C@H](Cc1ccccc1)NC(=O)N1CCOCC1. The summed E-state index contributed by atoms with van der Waals surface area (Å²) in [6, 6.07) is 15.3. The van der Waals surface area contributed by atoms with Crippen LogP contribution in [0, 0.1) is 5.92 Å². The van der Waals surface area contributed by atoms with Crippen LogP contribution in [0.2, 0.25) is 0 Å². The number of morpholine rings is 1. The number of carbonyl (C=O) groups is 3. The molecule has 0 bridgehead atoms. The van der Waals surface area contributed by atoms with Gasteiger partial charge in [-0.3, -0.25) is 14.2 Å². The molecule has 15 nitrogen and oxygen atoms in total. The lowest BCUT2D eigenvalue weighted by atomic mass is 9.85. The first-order valence-electron chi connectivity index (χ1n) is 19.0. The molecule has 300 valence electrons. The van der Waals surface area contributed by atoms with E-state index >= 15 is 0 Å². The summed E-state index contributed by atoms with van der Waals surface area (Å²) in [6.07, 6.45) is 8.60. The van der Waals surface area contributed by atoms with Crippen molar-refractivity contribution in [3.8, 4) is 0 Å². The van der Waals surface area contributed by atoms with Gasteiger partial charge >= 0.3 is 13.6 Å². The van der Waals surface area contributed by atoms with Crippen LogP contribution in [0.1, 0.15) is 55.3 Å². The van der Waals surface area contributed by atoms with Crippen LogP contribution in [0.25, 0.3) is 0 Å². The molecule has 1 aliphatic carbocycles. The molecule has 1 aliphatic heterocycles. The first-order valence-corrected chi connectivity index (χ1v) is 20.6. The van der Waals surface area contributed by atoms with Crippen molar-refractivity contribution in [2.24, 2.45) is 5.92 Å². The fourth-order valence-electron chi connectivity index (χ4n) is 7.06. The van der Waals surface area contributed by atoms with Crippen LogP contribution in [-0.2, 0) is 58.9 Å². The van der Waals surface area contributed by atoms with E-state index in [0.29, 0.717) is 45.0 Å². The lowest BCUT2D eigenvalue weighted by molar-refractivity contribution is -0.130. The maximum absolute atomic E-state index is 14.4. The highest BCUT2D eigenvalue weighted by Crippen LogP contribution is 2.52. The molecule has 0 radical (unpaired) electrons. The van der Waals surface area contributed by atoms with Crippen LogP contribution < -0.4 is 16.0 Å². The van der Waals surface area contributed by atoms with Crippen molar-refractivity contribution in [2.45, 2.75) is 88.7 Å². The monoisotopic (exact) mass is 782 g/mol. The lowest BCUT2D eigenvalue weighted by Gasteiger charge is -2.33. The third kappa shape index (κ3) is 12.4. The van der Waals surface area contributed by atoms with Gasteiger partial charge in [0.1, 0.15) is 18.8 Å². The maximum atomic E-state index is 14.4. The summed E-state index contributed by atoms with van der Waals surface area (Å²) in [5.41, 5.74) is 2.39. The van der Waals surface area contributed by atoms with Crippen LogP contribution in [0.4, 0.5) is 4.79 Å². The number of ether oxygens (including phenoxy) is 2. The molecule has 2 aromatic carbocycles. The number of amides is 4. The number of nitrogens with zero attached hydrogens (tertiary/aromatic N) is 3. The van der Waals surface area contributed by atoms with Crippen molar-refractivity contribution < 1.29 is 42.6 Å². The van der Waals surface area contributed by atoms with Gasteiger partial charge in [0, 0.05) is 52.0 Å². The second-order valence-electron chi connectivity index (χ2n) is 14.0. The number of hydrogen-bond acceptors (Lipinski definition) is 10.